The highest BCUT2D eigenvalue weighted by molar-refractivity contribution is 5.96. The van der Waals surface area contributed by atoms with E-state index >= 15 is 0 Å². The predicted molar refractivity (Wildman–Crippen MR) is 107 cm³/mol. The van der Waals surface area contributed by atoms with Crippen LogP contribution in [0.1, 0.15) is 29.9 Å². The van der Waals surface area contributed by atoms with Gasteiger partial charge in [0, 0.05) is 39.4 Å². The number of hydrogen-bond acceptors (Lipinski definition) is 7. The van der Waals surface area contributed by atoms with E-state index in [0.717, 1.165) is 50.4 Å². The van der Waals surface area contributed by atoms with Crippen molar-refractivity contribution in [2.75, 3.05) is 44.3 Å². The number of aromatic nitrogens is 6. The summed E-state index contributed by atoms with van der Waals surface area (Å²) in [5.74, 6) is 1.55. The Labute approximate surface area is 167 Å². The number of piperidine rings is 1. The molecule has 152 valence electrons. The quantitative estimate of drug-likeness (QED) is 0.709. The maximum absolute atomic E-state index is 13.0. The molecule has 2 saturated heterocycles. The summed E-state index contributed by atoms with van der Waals surface area (Å²) in [6.45, 7) is 4.27. The van der Waals surface area contributed by atoms with Crippen molar-refractivity contribution < 1.29 is 9.53 Å². The van der Waals surface area contributed by atoms with E-state index in [4.69, 9.17) is 9.72 Å². The number of rotatable bonds is 3. The molecule has 0 saturated carbocycles. The predicted octanol–water partition coefficient (Wildman–Crippen LogP) is 1.22. The van der Waals surface area contributed by atoms with E-state index < -0.39 is 0 Å². The molecule has 3 aromatic heterocycles. The number of fused-ring (bicyclic) bond motifs is 1. The number of aryl methyl sites for hydroxylation is 1. The Hall–Kier alpha value is -3.01. The Kier molecular flexibility index (Phi) is 4.62. The second kappa shape index (κ2) is 7.43. The van der Waals surface area contributed by atoms with Crippen LogP contribution in [0, 0.1) is 0 Å². The molecule has 10 nitrogen and oxygen atoms in total. The number of amides is 1. The molecule has 5 heterocycles. The van der Waals surface area contributed by atoms with Crippen molar-refractivity contribution in [1.29, 1.82) is 0 Å². The first-order valence-corrected chi connectivity index (χ1v) is 10.1. The van der Waals surface area contributed by atoms with Gasteiger partial charge in [-0.15, -0.1) is 0 Å². The fourth-order valence-electron chi connectivity index (χ4n) is 3.89. The van der Waals surface area contributed by atoms with Gasteiger partial charge in [0.1, 0.15) is 0 Å². The van der Waals surface area contributed by atoms with Crippen molar-refractivity contribution in [3.05, 3.63) is 18.2 Å². The zero-order valence-electron chi connectivity index (χ0n) is 16.5. The fourth-order valence-corrected chi connectivity index (χ4v) is 3.89. The van der Waals surface area contributed by atoms with Crippen LogP contribution in [0.2, 0.25) is 0 Å². The van der Waals surface area contributed by atoms with Gasteiger partial charge in [-0.2, -0.15) is 5.10 Å². The summed E-state index contributed by atoms with van der Waals surface area (Å²) >= 11 is 0. The maximum atomic E-state index is 13.0. The smallest absolute Gasteiger partial charge is 0.289 e. The SMILES string of the molecule is Cn1cc(-c2nc(N3CCOCC3)c3nc(C(=O)N4CCCCC4)[nH]c3n2)cn1. The number of carbonyl (C=O) groups is 1. The first kappa shape index (κ1) is 18.0. The Balaban J connectivity index is 1.59. The summed E-state index contributed by atoms with van der Waals surface area (Å²) in [5.41, 5.74) is 2.02. The third-order valence-electron chi connectivity index (χ3n) is 5.45. The number of aromatic amines is 1. The third-order valence-corrected chi connectivity index (χ3v) is 5.45. The van der Waals surface area contributed by atoms with Gasteiger partial charge < -0.3 is 19.5 Å². The molecule has 5 rings (SSSR count). The van der Waals surface area contributed by atoms with Gasteiger partial charge >= 0.3 is 0 Å². The molecule has 0 bridgehead atoms. The minimum atomic E-state index is -0.0708. The van der Waals surface area contributed by atoms with E-state index in [0.29, 0.717) is 36.0 Å². The second-order valence-electron chi connectivity index (χ2n) is 7.51. The lowest BCUT2D eigenvalue weighted by molar-refractivity contribution is 0.0713. The van der Waals surface area contributed by atoms with Crippen molar-refractivity contribution in [3.8, 4) is 11.4 Å². The molecular formula is C19H24N8O2. The van der Waals surface area contributed by atoms with Crippen LogP contribution in [0.15, 0.2) is 12.4 Å². The molecule has 2 aliphatic heterocycles. The van der Waals surface area contributed by atoms with Crippen LogP contribution in [0.3, 0.4) is 0 Å². The van der Waals surface area contributed by atoms with Crippen molar-refractivity contribution >= 4 is 22.9 Å². The highest BCUT2D eigenvalue weighted by atomic mass is 16.5. The van der Waals surface area contributed by atoms with E-state index in [1.807, 2.05) is 18.1 Å². The lowest BCUT2D eigenvalue weighted by atomic mass is 10.1. The molecule has 0 spiro atoms. The molecule has 29 heavy (non-hydrogen) atoms. The number of ether oxygens (including phenoxy) is 1. The minimum absolute atomic E-state index is 0.0708. The summed E-state index contributed by atoms with van der Waals surface area (Å²) in [4.78, 5) is 34.2. The van der Waals surface area contributed by atoms with Crippen LogP contribution in [0.5, 0.6) is 0 Å². The maximum Gasteiger partial charge on any atom is 0.289 e. The molecule has 0 unspecified atom stereocenters. The van der Waals surface area contributed by atoms with E-state index in [-0.39, 0.29) is 5.91 Å². The number of likely N-dealkylation sites (tertiary alicyclic amines) is 1. The topological polar surface area (TPSA) is 105 Å². The Morgan fingerprint density at radius 3 is 2.59 bits per heavy atom. The lowest BCUT2D eigenvalue weighted by Crippen LogP contribution is -2.37. The molecule has 2 fully saturated rings. The van der Waals surface area contributed by atoms with Gasteiger partial charge in [-0.05, 0) is 19.3 Å². The van der Waals surface area contributed by atoms with E-state index in [1.165, 1.54) is 6.42 Å². The average Bonchev–Trinajstić information content (AvgIpc) is 3.40. The molecule has 0 aromatic carbocycles. The number of imidazole rings is 1. The number of H-pyrrole nitrogens is 1. The number of nitrogens with one attached hydrogen (secondary N) is 1. The van der Waals surface area contributed by atoms with Gasteiger partial charge in [-0.1, -0.05) is 0 Å². The number of anilines is 1. The third kappa shape index (κ3) is 3.44. The highest BCUT2D eigenvalue weighted by Gasteiger charge is 2.25. The van der Waals surface area contributed by atoms with Crippen molar-refractivity contribution in [1.82, 2.24) is 34.6 Å². The summed E-state index contributed by atoms with van der Waals surface area (Å²) in [6.07, 6.45) is 6.86. The average molecular weight is 396 g/mol. The molecule has 0 radical (unpaired) electrons. The largest absolute Gasteiger partial charge is 0.378 e. The molecule has 2 aliphatic rings. The standard InChI is InChI=1S/C19H24N8O2/c1-25-12-13(11-20-25)15-22-16-14(18(24-15)26-7-9-29-10-8-26)21-17(23-16)19(28)27-5-3-2-4-6-27/h11-12H,2-10H2,1H3,(H,21,22,23,24). The Bertz CT molecular complexity index is 1030. The van der Waals surface area contributed by atoms with Crippen molar-refractivity contribution in [3.63, 3.8) is 0 Å². The van der Waals surface area contributed by atoms with Crippen LogP contribution < -0.4 is 4.90 Å². The van der Waals surface area contributed by atoms with Crippen LogP contribution in [0.4, 0.5) is 5.82 Å². The van der Waals surface area contributed by atoms with E-state index in [9.17, 15) is 4.79 Å². The molecule has 3 aromatic rings. The van der Waals surface area contributed by atoms with Crippen LogP contribution in [0.25, 0.3) is 22.6 Å². The van der Waals surface area contributed by atoms with Gasteiger partial charge in [-0.25, -0.2) is 15.0 Å². The number of nitrogens with zero attached hydrogens (tertiary/aromatic N) is 7. The molecular weight excluding hydrogens is 372 g/mol. The minimum Gasteiger partial charge on any atom is -0.378 e. The first-order valence-electron chi connectivity index (χ1n) is 10.1. The number of morpholine rings is 1. The van der Waals surface area contributed by atoms with Gasteiger partial charge in [0.25, 0.3) is 5.91 Å². The lowest BCUT2D eigenvalue weighted by Gasteiger charge is -2.28. The Morgan fingerprint density at radius 1 is 1.07 bits per heavy atom. The molecule has 1 N–H and O–H groups in total. The zero-order chi connectivity index (χ0) is 19.8. The first-order chi connectivity index (χ1) is 14.2. The van der Waals surface area contributed by atoms with Gasteiger partial charge in [-0.3, -0.25) is 9.48 Å². The summed E-state index contributed by atoms with van der Waals surface area (Å²) < 4.78 is 7.20. The fraction of sp³-hybridized carbons (Fsp3) is 0.526. The van der Waals surface area contributed by atoms with Crippen LogP contribution in [-0.2, 0) is 11.8 Å². The van der Waals surface area contributed by atoms with E-state index in [1.54, 1.807) is 10.9 Å². The Morgan fingerprint density at radius 2 is 1.86 bits per heavy atom. The zero-order valence-corrected chi connectivity index (χ0v) is 16.5. The molecule has 1 amide bonds. The number of carbonyl (C=O) groups excluding carboxylic acids is 1. The van der Waals surface area contributed by atoms with E-state index in [2.05, 4.69) is 25.0 Å². The van der Waals surface area contributed by atoms with Gasteiger partial charge in [0.2, 0.25) is 0 Å². The van der Waals surface area contributed by atoms with Crippen LogP contribution >= 0.6 is 0 Å². The molecule has 0 aliphatic carbocycles. The monoisotopic (exact) mass is 396 g/mol. The van der Waals surface area contributed by atoms with Crippen molar-refractivity contribution in [2.45, 2.75) is 19.3 Å². The molecule has 0 atom stereocenters. The van der Waals surface area contributed by atoms with Crippen LogP contribution in [-0.4, -0.2) is 79.9 Å². The van der Waals surface area contributed by atoms with Gasteiger partial charge in [0.15, 0.2) is 28.6 Å². The normalized spacial score (nSPS) is 17.8. The molecule has 10 heteroatoms. The summed E-state index contributed by atoms with van der Waals surface area (Å²) in [5, 5.41) is 4.23. The second-order valence-corrected chi connectivity index (χ2v) is 7.51. The summed E-state index contributed by atoms with van der Waals surface area (Å²) in [6, 6.07) is 0. The number of hydrogen-bond donors (Lipinski definition) is 1. The highest BCUT2D eigenvalue weighted by Crippen LogP contribution is 2.27. The van der Waals surface area contributed by atoms with Crippen molar-refractivity contribution in [2.24, 2.45) is 7.05 Å². The van der Waals surface area contributed by atoms with Gasteiger partial charge in [0.05, 0.1) is 25.0 Å². The summed E-state index contributed by atoms with van der Waals surface area (Å²) in [7, 11) is 1.86.